The molecule has 18 heavy (non-hydrogen) atoms. The Kier molecular flexibility index (Phi) is 5.15. The number of likely N-dealkylation sites (N-methyl/N-ethyl adjacent to an activating group) is 1. The molecule has 0 amide bonds. The van der Waals surface area contributed by atoms with Gasteiger partial charge in [-0.25, -0.2) is 12.8 Å². The first-order valence-corrected chi connectivity index (χ1v) is 6.56. The first-order valence-electron chi connectivity index (χ1n) is 5.12. The van der Waals surface area contributed by atoms with E-state index < -0.39 is 21.9 Å². The maximum atomic E-state index is 12.9. The van der Waals surface area contributed by atoms with E-state index in [-0.39, 0.29) is 18.0 Å². The molecule has 6 nitrogen and oxygen atoms in total. The molecule has 0 aliphatic heterocycles. The number of aromatic nitrogens is 1. The molecule has 0 aliphatic rings. The van der Waals surface area contributed by atoms with E-state index in [0.717, 1.165) is 22.8 Å². The van der Waals surface area contributed by atoms with Crippen LogP contribution in [0.3, 0.4) is 0 Å². The molecular formula is C10H15FN2O4S. The highest BCUT2D eigenvalue weighted by atomic mass is 32.2. The zero-order valence-electron chi connectivity index (χ0n) is 10.1. The molecule has 1 unspecified atom stereocenters. The van der Waals surface area contributed by atoms with Crippen molar-refractivity contribution in [1.29, 1.82) is 0 Å². The molecule has 0 bridgehead atoms. The lowest BCUT2D eigenvalue weighted by atomic mass is 10.4. The highest BCUT2D eigenvalue weighted by molar-refractivity contribution is 7.89. The van der Waals surface area contributed by atoms with Crippen molar-refractivity contribution in [1.82, 2.24) is 9.29 Å². The molecule has 0 spiro atoms. The van der Waals surface area contributed by atoms with Crippen molar-refractivity contribution in [3.05, 3.63) is 24.3 Å². The fourth-order valence-electron chi connectivity index (χ4n) is 1.35. The Labute approximate surface area is 105 Å². The molecular weight excluding hydrogens is 263 g/mol. The highest BCUT2D eigenvalue weighted by Crippen LogP contribution is 2.14. The lowest BCUT2D eigenvalue weighted by Gasteiger charge is -2.19. The maximum absolute atomic E-state index is 12.9. The Bertz CT molecular complexity index is 494. The minimum atomic E-state index is -3.86. The molecule has 8 heteroatoms. The summed E-state index contributed by atoms with van der Waals surface area (Å²) in [6.07, 6.45) is 1.02. The third kappa shape index (κ3) is 3.70. The number of sulfonamides is 1. The molecule has 1 atom stereocenters. The summed E-state index contributed by atoms with van der Waals surface area (Å²) in [7, 11) is -1.17. The molecule has 0 saturated heterocycles. The van der Waals surface area contributed by atoms with Crippen LogP contribution in [0.5, 0.6) is 0 Å². The van der Waals surface area contributed by atoms with Crippen LogP contribution in [0.15, 0.2) is 23.4 Å². The summed E-state index contributed by atoms with van der Waals surface area (Å²) in [5.41, 5.74) is 0. The van der Waals surface area contributed by atoms with Gasteiger partial charge in [-0.05, 0) is 6.07 Å². The second kappa shape index (κ2) is 6.19. The van der Waals surface area contributed by atoms with Gasteiger partial charge in [-0.3, -0.25) is 4.98 Å². The maximum Gasteiger partial charge on any atom is 0.244 e. The summed E-state index contributed by atoms with van der Waals surface area (Å²) in [5, 5.41) is 9.46. The minimum absolute atomic E-state index is 0.0151. The zero-order valence-corrected chi connectivity index (χ0v) is 10.9. The summed E-state index contributed by atoms with van der Waals surface area (Å²) in [4.78, 5) is 3.23. The number of hydrogen-bond acceptors (Lipinski definition) is 5. The molecule has 102 valence electrons. The normalized spacial score (nSPS) is 13.8. The molecule has 1 N–H and O–H groups in total. The summed E-state index contributed by atoms with van der Waals surface area (Å²) in [6.45, 7) is -0.131. The lowest BCUT2D eigenvalue weighted by molar-refractivity contribution is 0.0554. The Morgan fingerprint density at radius 3 is 2.78 bits per heavy atom. The minimum Gasteiger partial charge on any atom is -0.389 e. The van der Waals surface area contributed by atoms with Gasteiger partial charge in [-0.15, -0.1) is 0 Å². The molecule has 0 radical (unpaired) electrons. The van der Waals surface area contributed by atoms with Gasteiger partial charge in [0, 0.05) is 26.9 Å². The fraction of sp³-hybridized carbons (Fsp3) is 0.500. The van der Waals surface area contributed by atoms with E-state index in [0.29, 0.717) is 0 Å². The van der Waals surface area contributed by atoms with E-state index >= 15 is 0 Å². The van der Waals surface area contributed by atoms with Gasteiger partial charge < -0.3 is 9.84 Å². The van der Waals surface area contributed by atoms with Crippen LogP contribution < -0.4 is 0 Å². The van der Waals surface area contributed by atoms with Gasteiger partial charge in [-0.2, -0.15) is 4.31 Å². The van der Waals surface area contributed by atoms with Crippen LogP contribution in [0, 0.1) is 5.82 Å². The molecule has 1 aromatic rings. The van der Waals surface area contributed by atoms with Gasteiger partial charge in [0.2, 0.25) is 10.0 Å². The quantitative estimate of drug-likeness (QED) is 0.782. The zero-order chi connectivity index (χ0) is 13.8. The smallest absolute Gasteiger partial charge is 0.244 e. The number of ether oxygens (including phenoxy) is 1. The summed E-state index contributed by atoms with van der Waals surface area (Å²) in [5.74, 6) is -0.734. The Balaban J connectivity index is 2.86. The van der Waals surface area contributed by atoms with Crippen LogP contribution in [-0.4, -0.2) is 56.2 Å². The van der Waals surface area contributed by atoms with E-state index in [1.807, 2.05) is 0 Å². The third-order valence-electron chi connectivity index (χ3n) is 2.21. The molecule has 0 aromatic carbocycles. The number of aliphatic hydroxyl groups excluding tert-OH is 1. The second-order valence-corrected chi connectivity index (χ2v) is 5.78. The van der Waals surface area contributed by atoms with E-state index in [1.54, 1.807) is 0 Å². The van der Waals surface area contributed by atoms with E-state index in [9.17, 15) is 17.9 Å². The topological polar surface area (TPSA) is 79.7 Å². The molecule has 0 saturated carbocycles. The molecule has 1 rings (SSSR count). The van der Waals surface area contributed by atoms with Crippen molar-refractivity contribution in [2.75, 3.05) is 27.3 Å². The molecule has 0 aliphatic carbocycles. The van der Waals surface area contributed by atoms with E-state index in [1.165, 1.54) is 14.2 Å². The Hall–Kier alpha value is -1.09. The number of pyridine rings is 1. The van der Waals surface area contributed by atoms with Gasteiger partial charge in [0.25, 0.3) is 0 Å². The Morgan fingerprint density at radius 2 is 2.22 bits per heavy atom. The number of methoxy groups -OCH3 is 1. The standard InChI is InChI=1S/C10H15FN2O4S/c1-13(6-9(14)7-17-2)18(15,16)10-3-8(11)4-12-5-10/h3-5,9,14H,6-7H2,1-2H3. The largest absolute Gasteiger partial charge is 0.389 e. The predicted octanol–water partition coefficient (Wildman–Crippen LogP) is -0.151. The predicted molar refractivity (Wildman–Crippen MR) is 61.9 cm³/mol. The number of halogens is 1. The second-order valence-electron chi connectivity index (χ2n) is 3.73. The first kappa shape index (κ1) is 15.0. The first-order chi connectivity index (χ1) is 8.37. The SMILES string of the molecule is COCC(O)CN(C)S(=O)(=O)c1cncc(F)c1. The van der Waals surface area contributed by atoms with Crippen LogP contribution in [0.25, 0.3) is 0 Å². The summed E-state index contributed by atoms with van der Waals surface area (Å²) in [6, 6.07) is 0.877. The third-order valence-corrected chi connectivity index (χ3v) is 4.00. The van der Waals surface area contributed by atoms with Gasteiger partial charge in [0.1, 0.15) is 10.7 Å². The van der Waals surface area contributed by atoms with Crippen molar-refractivity contribution >= 4 is 10.0 Å². The number of hydrogen-bond donors (Lipinski definition) is 1. The molecule has 1 heterocycles. The average molecular weight is 278 g/mol. The van der Waals surface area contributed by atoms with Crippen molar-refractivity contribution in [2.24, 2.45) is 0 Å². The van der Waals surface area contributed by atoms with Gasteiger partial charge >= 0.3 is 0 Å². The van der Waals surface area contributed by atoms with Crippen molar-refractivity contribution in [3.8, 4) is 0 Å². The fourth-order valence-corrected chi connectivity index (χ4v) is 2.54. The number of aliphatic hydroxyl groups is 1. The van der Waals surface area contributed by atoms with Gasteiger partial charge in [0.15, 0.2) is 0 Å². The van der Waals surface area contributed by atoms with Crippen LogP contribution >= 0.6 is 0 Å². The van der Waals surface area contributed by atoms with E-state index in [4.69, 9.17) is 4.74 Å². The highest BCUT2D eigenvalue weighted by Gasteiger charge is 2.23. The van der Waals surface area contributed by atoms with E-state index in [2.05, 4.69) is 4.98 Å². The van der Waals surface area contributed by atoms with Crippen molar-refractivity contribution < 1.29 is 22.7 Å². The van der Waals surface area contributed by atoms with Crippen LogP contribution in [0.2, 0.25) is 0 Å². The average Bonchev–Trinajstić information content (AvgIpc) is 2.29. The summed E-state index contributed by atoms with van der Waals surface area (Å²) < 4.78 is 42.5. The van der Waals surface area contributed by atoms with Gasteiger partial charge in [0.05, 0.1) is 18.9 Å². The number of rotatable bonds is 6. The monoisotopic (exact) mass is 278 g/mol. The lowest BCUT2D eigenvalue weighted by Crippen LogP contribution is -2.36. The molecule has 1 aromatic heterocycles. The van der Waals surface area contributed by atoms with Crippen molar-refractivity contribution in [2.45, 2.75) is 11.0 Å². The Morgan fingerprint density at radius 1 is 1.56 bits per heavy atom. The van der Waals surface area contributed by atoms with Gasteiger partial charge in [-0.1, -0.05) is 0 Å². The molecule has 0 fully saturated rings. The summed E-state index contributed by atoms with van der Waals surface area (Å²) >= 11 is 0. The number of nitrogens with zero attached hydrogens (tertiary/aromatic N) is 2. The van der Waals surface area contributed by atoms with Crippen LogP contribution in [-0.2, 0) is 14.8 Å². The van der Waals surface area contributed by atoms with Crippen LogP contribution in [0.1, 0.15) is 0 Å². The van der Waals surface area contributed by atoms with Crippen molar-refractivity contribution in [3.63, 3.8) is 0 Å². The van der Waals surface area contributed by atoms with Crippen LogP contribution in [0.4, 0.5) is 4.39 Å².